The molecule has 0 bridgehead atoms. The van der Waals surface area contributed by atoms with Gasteiger partial charge in [0.15, 0.2) is 0 Å². The Bertz CT molecular complexity index is 653. The second-order valence-corrected chi connectivity index (χ2v) is 7.87. The van der Waals surface area contributed by atoms with Gasteiger partial charge in [-0.3, -0.25) is 9.69 Å². The maximum atomic E-state index is 13.0. The molecule has 2 fully saturated rings. The third-order valence-corrected chi connectivity index (χ3v) is 5.95. The minimum absolute atomic E-state index is 0.0296. The van der Waals surface area contributed by atoms with Crippen molar-refractivity contribution in [2.24, 2.45) is 0 Å². The topological polar surface area (TPSA) is 73.9 Å². The van der Waals surface area contributed by atoms with Crippen molar-refractivity contribution in [3.05, 3.63) is 35.9 Å². The molecule has 2 N–H and O–H groups in total. The van der Waals surface area contributed by atoms with E-state index in [1.165, 1.54) is 5.56 Å². The van der Waals surface area contributed by atoms with Gasteiger partial charge < -0.3 is 20.3 Å². The van der Waals surface area contributed by atoms with E-state index in [1.807, 2.05) is 30.0 Å². The Hall–Kier alpha value is -2.12. The molecule has 2 heterocycles. The zero-order valence-electron chi connectivity index (χ0n) is 17.5. The predicted octanol–water partition coefficient (Wildman–Crippen LogP) is 1.94. The molecule has 2 aliphatic heterocycles. The molecule has 29 heavy (non-hydrogen) atoms. The number of esters is 1. The number of urea groups is 1. The van der Waals surface area contributed by atoms with Crippen LogP contribution in [0, 0.1) is 0 Å². The number of rotatable bonds is 7. The van der Waals surface area contributed by atoms with Crippen LogP contribution < -0.4 is 10.6 Å². The third-order valence-electron chi connectivity index (χ3n) is 5.95. The van der Waals surface area contributed by atoms with E-state index in [0.717, 1.165) is 52.0 Å². The standard InChI is InChI=1S/C22H34N4O3/c1-2-29-20(27)9-6-14-25-15-17-26(18-16-25)21(28)24-22(10-12-23-13-11-22)19-7-4-3-5-8-19/h3-5,7-8,23H,2,6,9-18H2,1H3,(H,24,28). The average molecular weight is 403 g/mol. The molecular weight excluding hydrogens is 368 g/mol. The molecule has 0 radical (unpaired) electrons. The van der Waals surface area contributed by atoms with Crippen molar-refractivity contribution in [2.45, 2.75) is 38.1 Å². The molecule has 0 aromatic heterocycles. The molecule has 2 amide bonds. The zero-order chi connectivity index (χ0) is 20.5. The van der Waals surface area contributed by atoms with Gasteiger partial charge in [-0.1, -0.05) is 30.3 Å². The lowest BCUT2D eigenvalue weighted by Crippen LogP contribution is -2.58. The number of nitrogens with zero attached hydrogens (tertiary/aromatic N) is 2. The summed E-state index contributed by atoms with van der Waals surface area (Å²) in [4.78, 5) is 28.7. The fourth-order valence-corrected chi connectivity index (χ4v) is 4.24. The molecule has 2 saturated heterocycles. The van der Waals surface area contributed by atoms with Crippen molar-refractivity contribution < 1.29 is 14.3 Å². The molecule has 0 saturated carbocycles. The monoisotopic (exact) mass is 402 g/mol. The first-order chi connectivity index (χ1) is 14.1. The van der Waals surface area contributed by atoms with Gasteiger partial charge in [0.2, 0.25) is 0 Å². The molecule has 0 atom stereocenters. The summed E-state index contributed by atoms with van der Waals surface area (Å²) < 4.78 is 4.97. The molecular formula is C22H34N4O3. The Morgan fingerprint density at radius 1 is 1.10 bits per heavy atom. The number of piperazine rings is 1. The second-order valence-electron chi connectivity index (χ2n) is 7.87. The van der Waals surface area contributed by atoms with E-state index in [0.29, 0.717) is 26.1 Å². The minimum atomic E-state index is -0.291. The molecule has 0 spiro atoms. The summed E-state index contributed by atoms with van der Waals surface area (Å²) in [5.74, 6) is -0.126. The van der Waals surface area contributed by atoms with Crippen molar-refractivity contribution in [1.82, 2.24) is 20.4 Å². The van der Waals surface area contributed by atoms with Crippen LogP contribution in [0.4, 0.5) is 4.79 Å². The number of ether oxygens (including phenoxy) is 1. The Kier molecular flexibility index (Phi) is 7.89. The van der Waals surface area contributed by atoms with Crippen LogP contribution in [0.5, 0.6) is 0 Å². The lowest BCUT2D eigenvalue weighted by molar-refractivity contribution is -0.143. The molecule has 160 valence electrons. The zero-order valence-corrected chi connectivity index (χ0v) is 17.5. The van der Waals surface area contributed by atoms with Crippen LogP contribution in [-0.4, -0.2) is 74.2 Å². The number of benzene rings is 1. The summed E-state index contributed by atoms with van der Waals surface area (Å²) in [7, 11) is 0. The van der Waals surface area contributed by atoms with Crippen LogP contribution >= 0.6 is 0 Å². The predicted molar refractivity (Wildman–Crippen MR) is 113 cm³/mol. The van der Waals surface area contributed by atoms with Crippen LogP contribution in [0.3, 0.4) is 0 Å². The van der Waals surface area contributed by atoms with Gasteiger partial charge in [-0.25, -0.2) is 4.79 Å². The van der Waals surface area contributed by atoms with E-state index in [2.05, 4.69) is 27.7 Å². The molecule has 0 aliphatic carbocycles. The summed E-state index contributed by atoms with van der Waals surface area (Å²) in [6, 6.07) is 10.4. The fourth-order valence-electron chi connectivity index (χ4n) is 4.24. The van der Waals surface area contributed by atoms with Gasteiger partial charge in [-0.15, -0.1) is 0 Å². The van der Waals surface area contributed by atoms with Crippen LogP contribution in [0.25, 0.3) is 0 Å². The third kappa shape index (κ3) is 5.93. The highest BCUT2D eigenvalue weighted by Gasteiger charge is 2.36. The maximum Gasteiger partial charge on any atom is 0.318 e. The number of nitrogens with one attached hydrogen (secondary N) is 2. The quantitative estimate of drug-likeness (QED) is 0.682. The van der Waals surface area contributed by atoms with E-state index < -0.39 is 0 Å². The van der Waals surface area contributed by atoms with Crippen LogP contribution in [-0.2, 0) is 15.1 Å². The Labute approximate surface area is 173 Å². The van der Waals surface area contributed by atoms with Crippen molar-refractivity contribution in [2.75, 3.05) is 52.4 Å². The lowest BCUT2D eigenvalue weighted by Gasteiger charge is -2.42. The highest BCUT2D eigenvalue weighted by Crippen LogP contribution is 2.31. The number of hydrogen-bond donors (Lipinski definition) is 2. The largest absolute Gasteiger partial charge is 0.466 e. The maximum absolute atomic E-state index is 13.0. The minimum Gasteiger partial charge on any atom is -0.466 e. The normalized spacial score (nSPS) is 19.6. The highest BCUT2D eigenvalue weighted by atomic mass is 16.5. The summed E-state index contributed by atoms with van der Waals surface area (Å²) in [5, 5.41) is 6.77. The number of carbonyl (C=O) groups excluding carboxylic acids is 2. The van der Waals surface area contributed by atoms with Crippen LogP contribution in [0.2, 0.25) is 0 Å². The van der Waals surface area contributed by atoms with Crippen molar-refractivity contribution in [3.63, 3.8) is 0 Å². The van der Waals surface area contributed by atoms with E-state index in [-0.39, 0.29) is 17.5 Å². The summed E-state index contributed by atoms with van der Waals surface area (Å²) in [5.41, 5.74) is 0.896. The molecule has 0 unspecified atom stereocenters. The Balaban J connectivity index is 1.49. The van der Waals surface area contributed by atoms with Gasteiger partial charge in [0.05, 0.1) is 12.1 Å². The average Bonchev–Trinajstić information content (AvgIpc) is 2.76. The summed E-state index contributed by atoms with van der Waals surface area (Å²) in [6.07, 6.45) is 3.06. The number of amides is 2. The summed E-state index contributed by atoms with van der Waals surface area (Å²) >= 11 is 0. The van der Waals surface area contributed by atoms with Gasteiger partial charge in [0.25, 0.3) is 0 Å². The Morgan fingerprint density at radius 3 is 2.45 bits per heavy atom. The highest BCUT2D eigenvalue weighted by molar-refractivity contribution is 5.75. The fraction of sp³-hybridized carbons (Fsp3) is 0.636. The van der Waals surface area contributed by atoms with E-state index in [9.17, 15) is 9.59 Å². The van der Waals surface area contributed by atoms with Crippen LogP contribution in [0.15, 0.2) is 30.3 Å². The van der Waals surface area contributed by atoms with Gasteiger partial charge >= 0.3 is 12.0 Å². The first-order valence-corrected chi connectivity index (χ1v) is 10.8. The molecule has 7 heteroatoms. The Morgan fingerprint density at radius 2 is 1.79 bits per heavy atom. The van der Waals surface area contributed by atoms with Crippen molar-refractivity contribution >= 4 is 12.0 Å². The molecule has 2 aliphatic rings. The number of piperidine rings is 1. The van der Waals surface area contributed by atoms with E-state index >= 15 is 0 Å². The molecule has 7 nitrogen and oxygen atoms in total. The molecule has 1 aromatic carbocycles. The van der Waals surface area contributed by atoms with Crippen molar-refractivity contribution in [3.8, 4) is 0 Å². The van der Waals surface area contributed by atoms with E-state index in [1.54, 1.807) is 0 Å². The smallest absolute Gasteiger partial charge is 0.318 e. The SMILES string of the molecule is CCOC(=O)CCCN1CCN(C(=O)NC2(c3ccccc3)CCNCC2)CC1. The lowest BCUT2D eigenvalue weighted by atomic mass is 9.81. The van der Waals surface area contributed by atoms with Gasteiger partial charge in [0.1, 0.15) is 0 Å². The van der Waals surface area contributed by atoms with Crippen LogP contribution in [0.1, 0.15) is 38.2 Å². The molecule has 1 aromatic rings. The van der Waals surface area contributed by atoms with Gasteiger partial charge in [-0.2, -0.15) is 0 Å². The first kappa shape index (κ1) is 21.6. The van der Waals surface area contributed by atoms with E-state index in [4.69, 9.17) is 4.74 Å². The van der Waals surface area contributed by atoms with Gasteiger partial charge in [0, 0.05) is 32.6 Å². The molecule has 3 rings (SSSR count). The number of hydrogen-bond acceptors (Lipinski definition) is 5. The first-order valence-electron chi connectivity index (χ1n) is 10.8. The second kappa shape index (κ2) is 10.6. The number of carbonyl (C=O) groups is 2. The summed E-state index contributed by atoms with van der Waals surface area (Å²) in [6.45, 7) is 8.07. The van der Waals surface area contributed by atoms with Gasteiger partial charge in [-0.05, 0) is 51.4 Å². The van der Waals surface area contributed by atoms with Crippen molar-refractivity contribution in [1.29, 1.82) is 0 Å².